The van der Waals surface area contributed by atoms with E-state index >= 15 is 0 Å². The molecule has 1 aromatic heterocycles. The molecule has 4 heteroatoms. The van der Waals surface area contributed by atoms with Crippen LogP contribution in [0.1, 0.15) is 12.0 Å². The van der Waals surface area contributed by atoms with Gasteiger partial charge in [0.1, 0.15) is 5.75 Å². The molecule has 0 saturated carbocycles. The number of thiophene rings is 1. The third-order valence-corrected chi connectivity index (χ3v) is 5.74. The minimum absolute atomic E-state index is 0.294. The first kappa shape index (κ1) is 19.0. The number of fused-ring (bicyclic) bond motifs is 1. The summed E-state index contributed by atoms with van der Waals surface area (Å²) in [5.41, 5.74) is 2.12. The van der Waals surface area contributed by atoms with E-state index < -0.39 is 12.1 Å². The van der Waals surface area contributed by atoms with Gasteiger partial charge in [0, 0.05) is 16.0 Å². The first-order valence-electron chi connectivity index (χ1n) is 9.39. The average Bonchev–Trinajstić information content (AvgIpc) is 3.18. The van der Waals surface area contributed by atoms with E-state index in [9.17, 15) is 9.90 Å². The van der Waals surface area contributed by atoms with Gasteiger partial charge in [-0.05, 0) is 52.9 Å². The average molecular weight is 400 g/mol. The van der Waals surface area contributed by atoms with Gasteiger partial charge in [0.05, 0.1) is 0 Å². The normalized spacial score (nSPS) is 12.3. The molecule has 0 fully saturated rings. The van der Waals surface area contributed by atoms with Crippen molar-refractivity contribution in [1.82, 2.24) is 0 Å². The van der Waals surface area contributed by atoms with Gasteiger partial charge in [0.2, 0.25) is 0 Å². The molecule has 1 atom stereocenters. The molecule has 1 unspecified atom stereocenters. The summed E-state index contributed by atoms with van der Waals surface area (Å²) in [7, 11) is 0. The standard InChI is InChI=1S/C25H20O3S/c26-25(27)22(11-6-9-18-7-2-1-3-8-18)28-21-15-13-19(14-16-21)24-17-20-10-4-5-12-23(20)29-24/h1-10,12-17,22H,11H2,(H,26,27)/b9-6+. The summed E-state index contributed by atoms with van der Waals surface area (Å²) in [5.74, 6) is -0.424. The fraction of sp³-hybridized carbons (Fsp3) is 0.0800. The van der Waals surface area contributed by atoms with Crippen molar-refractivity contribution < 1.29 is 14.6 Å². The van der Waals surface area contributed by atoms with Crippen molar-refractivity contribution in [3.63, 3.8) is 0 Å². The molecule has 0 saturated heterocycles. The number of hydrogen-bond donors (Lipinski definition) is 1. The molecular weight excluding hydrogens is 380 g/mol. The summed E-state index contributed by atoms with van der Waals surface area (Å²) < 4.78 is 6.97. The molecule has 0 spiro atoms. The lowest BCUT2D eigenvalue weighted by Crippen LogP contribution is -2.26. The predicted molar refractivity (Wildman–Crippen MR) is 119 cm³/mol. The molecule has 0 amide bonds. The largest absolute Gasteiger partial charge is 0.478 e. The summed E-state index contributed by atoms with van der Waals surface area (Å²) in [5, 5.41) is 10.7. The van der Waals surface area contributed by atoms with E-state index in [1.807, 2.05) is 78.9 Å². The van der Waals surface area contributed by atoms with Gasteiger partial charge in [0.25, 0.3) is 0 Å². The zero-order valence-electron chi connectivity index (χ0n) is 15.7. The second-order valence-electron chi connectivity index (χ2n) is 6.67. The minimum atomic E-state index is -0.976. The molecule has 29 heavy (non-hydrogen) atoms. The van der Waals surface area contributed by atoms with Crippen LogP contribution in [-0.2, 0) is 4.79 Å². The molecule has 144 valence electrons. The Kier molecular flexibility index (Phi) is 5.73. The van der Waals surface area contributed by atoms with E-state index in [0.29, 0.717) is 12.2 Å². The second kappa shape index (κ2) is 8.76. The quantitative estimate of drug-likeness (QED) is 0.385. The number of rotatable bonds is 7. The summed E-state index contributed by atoms with van der Waals surface area (Å²) in [6, 6.07) is 27.9. The van der Waals surface area contributed by atoms with Gasteiger partial charge < -0.3 is 9.84 Å². The van der Waals surface area contributed by atoms with Gasteiger partial charge >= 0.3 is 5.97 Å². The third kappa shape index (κ3) is 4.73. The highest BCUT2D eigenvalue weighted by molar-refractivity contribution is 7.22. The molecule has 3 aromatic carbocycles. The first-order chi connectivity index (χ1) is 14.2. The van der Waals surface area contributed by atoms with Crippen molar-refractivity contribution in [2.24, 2.45) is 0 Å². The summed E-state index contributed by atoms with van der Waals surface area (Å²) >= 11 is 1.74. The van der Waals surface area contributed by atoms with Crippen molar-refractivity contribution in [2.45, 2.75) is 12.5 Å². The zero-order chi connectivity index (χ0) is 20.1. The highest BCUT2D eigenvalue weighted by Gasteiger charge is 2.18. The van der Waals surface area contributed by atoms with Crippen molar-refractivity contribution in [1.29, 1.82) is 0 Å². The third-order valence-electron chi connectivity index (χ3n) is 4.58. The van der Waals surface area contributed by atoms with Crippen molar-refractivity contribution in [3.8, 4) is 16.2 Å². The molecule has 3 nitrogen and oxygen atoms in total. The Bertz CT molecular complexity index is 1090. The lowest BCUT2D eigenvalue weighted by atomic mass is 10.1. The SMILES string of the molecule is O=C(O)C(C/C=C/c1ccccc1)Oc1ccc(-c2cc3ccccc3s2)cc1. The van der Waals surface area contributed by atoms with E-state index in [4.69, 9.17) is 4.74 Å². The number of carboxylic acids is 1. The number of carbonyl (C=O) groups is 1. The van der Waals surface area contributed by atoms with Crippen molar-refractivity contribution in [3.05, 3.63) is 96.6 Å². The first-order valence-corrected chi connectivity index (χ1v) is 10.2. The van der Waals surface area contributed by atoms with Crippen LogP contribution in [0.3, 0.4) is 0 Å². The van der Waals surface area contributed by atoms with E-state index in [0.717, 1.165) is 11.1 Å². The Morgan fingerprint density at radius 2 is 1.69 bits per heavy atom. The lowest BCUT2D eigenvalue weighted by molar-refractivity contribution is -0.144. The molecule has 4 rings (SSSR count). The fourth-order valence-electron chi connectivity index (χ4n) is 3.08. The number of ether oxygens (including phenoxy) is 1. The summed E-state index contributed by atoms with van der Waals surface area (Å²) in [6.45, 7) is 0. The topological polar surface area (TPSA) is 46.5 Å². The molecule has 4 aromatic rings. The highest BCUT2D eigenvalue weighted by atomic mass is 32.1. The highest BCUT2D eigenvalue weighted by Crippen LogP contribution is 2.34. The molecule has 1 N–H and O–H groups in total. The maximum atomic E-state index is 11.6. The van der Waals surface area contributed by atoms with Gasteiger partial charge in [-0.1, -0.05) is 60.7 Å². The summed E-state index contributed by atoms with van der Waals surface area (Å²) in [6.07, 6.45) is 3.11. The lowest BCUT2D eigenvalue weighted by Gasteiger charge is -2.13. The molecule has 0 radical (unpaired) electrons. The van der Waals surface area contributed by atoms with Crippen LogP contribution in [0.25, 0.3) is 26.6 Å². The van der Waals surface area contributed by atoms with Crippen LogP contribution in [-0.4, -0.2) is 17.2 Å². The Labute approximate surface area is 173 Å². The smallest absolute Gasteiger partial charge is 0.345 e. The number of benzene rings is 3. The van der Waals surface area contributed by atoms with Gasteiger partial charge in [-0.3, -0.25) is 0 Å². The minimum Gasteiger partial charge on any atom is -0.478 e. The molecule has 0 aliphatic heterocycles. The van der Waals surface area contributed by atoms with Gasteiger partial charge in [0.15, 0.2) is 6.10 Å². The maximum absolute atomic E-state index is 11.6. The van der Waals surface area contributed by atoms with Gasteiger partial charge in [-0.25, -0.2) is 4.79 Å². The number of carboxylic acid groups (broad SMARTS) is 1. The summed E-state index contributed by atoms with van der Waals surface area (Å²) in [4.78, 5) is 12.8. The predicted octanol–water partition coefficient (Wildman–Crippen LogP) is 6.50. The van der Waals surface area contributed by atoms with Crippen LogP contribution in [0.2, 0.25) is 0 Å². The van der Waals surface area contributed by atoms with E-state index in [2.05, 4.69) is 18.2 Å². The second-order valence-corrected chi connectivity index (χ2v) is 7.75. The van der Waals surface area contributed by atoms with Crippen LogP contribution in [0.5, 0.6) is 5.75 Å². The zero-order valence-corrected chi connectivity index (χ0v) is 16.5. The Balaban J connectivity index is 1.44. The van der Waals surface area contributed by atoms with Crippen LogP contribution in [0, 0.1) is 0 Å². The molecular formula is C25H20O3S. The van der Waals surface area contributed by atoms with Gasteiger partial charge in [-0.15, -0.1) is 11.3 Å². The van der Waals surface area contributed by atoms with Crippen molar-refractivity contribution >= 4 is 33.5 Å². The Morgan fingerprint density at radius 1 is 0.966 bits per heavy atom. The molecule has 1 heterocycles. The van der Waals surface area contributed by atoms with Crippen LogP contribution in [0.15, 0.2) is 91.0 Å². The number of aliphatic carboxylic acids is 1. The number of hydrogen-bond acceptors (Lipinski definition) is 3. The van der Waals surface area contributed by atoms with Crippen LogP contribution < -0.4 is 4.74 Å². The molecule has 0 aliphatic carbocycles. The van der Waals surface area contributed by atoms with Gasteiger partial charge in [-0.2, -0.15) is 0 Å². The maximum Gasteiger partial charge on any atom is 0.345 e. The fourth-order valence-corrected chi connectivity index (χ4v) is 4.15. The van der Waals surface area contributed by atoms with Crippen molar-refractivity contribution in [2.75, 3.05) is 0 Å². The molecule has 0 aliphatic rings. The Hall–Kier alpha value is -3.37. The van der Waals surface area contributed by atoms with E-state index in [1.165, 1.54) is 15.0 Å². The monoisotopic (exact) mass is 400 g/mol. The molecule has 0 bridgehead atoms. The van der Waals surface area contributed by atoms with Crippen LogP contribution >= 0.6 is 11.3 Å². The van der Waals surface area contributed by atoms with Crippen LogP contribution in [0.4, 0.5) is 0 Å². The van der Waals surface area contributed by atoms with E-state index in [1.54, 1.807) is 11.3 Å². The Morgan fingerprint density at radius 3 is 2.41 bits per heavy atom. The van der Waals surface area contributed by atoms with E-state index in [-0.39, 0.29) is 0 Å².